The first-order valence-corrected chi connectivity index (χ1v) is 3.45. The Labute approximate surface area is 73.6 Å². The Morgan fingerprint density at radius 1 is 1.67 bits per heavy atom. The van der Waals surface area contributed by atoms with E-state index in [2.05, 4.69) is 4.99 Å². The van der Waals surface area contributed by atoms with Crippen LogP contribution in [0.1, 0.15) is 0 Å². The number of amides is 1. The largest absolute Gasteiger partial charge is 0.382 e. The number of primary amides is 1. The maximum absolute atomic E-state index is 10.7. The summed E-state index contributed by atoms with van der Waals surface area (Å²) < 4.78 is 0. The highest BCUT2D eigenvalue weighted by Gasteiger charge is 2.19. The highest BCUT2D eigenvalue weighted by Crippen LogP contribution is 2.10. The van der Waals surface area contributed by atoms with E-state index >= 15 is 0 Å². The first-order chi connectivity index (χ1) is 5.52. The van der Waals surface area contributed by atoms with Crippen LogP contribution < -0.4 is 17.3 Å². The topological polar surface area (TPSA) is 111 Å². The van der Waals surface area contributed by atoms with Gasteiger partial charge < -0.3 is 11.5 Å². The van der Waals surface area contributed by atoms with Crippen LogP contribution in [0.3, 0.4) is 0 Å². The van der Waals surface area contributed by atoms with Gasteiger partial charge in [0.15, 0.2) is 5.70 Å². The van der Waals surface area contributed by atoms with E-state index in [1.807, 2.05) is 0 Å². The molecule has 1 aliphatic rings. The highest BCUT2D eigenvalue weighted by molar-refractivity contribution is 6.66. The second-order valence-corrected chi connectivity index (χ2v) is 2.65. The van der Waals surface area contributed by atoms with Gasteiger partial charge in [-0.05, 0) is 0 Å². The minimum Gasteiger partial charge on any atom is -0.382 e. The third-order valence-corrected chi connectivity index (χ3v) is 1.52. The minimum atomic E-state index is -0.749. The molecule has 1 heterocycles. The smallest absolute Gasteiger partial charge is 0.271 e. The van der Waals surface area contributed by atoms with Crippen molar-refractivity contribution in [1.82, 2.24) is 5.01 Å². The van der Waals surface area contributed by atoms with Gasteiger partial charge >= 0.3 is 0 Å². The van der Waals surface area contributed by atoms with E-state index in [9.17, 15) is 4.79 Å². The van der Waals surface area contributed by atoms with Crippen LogP contribution >= 0.6 is 11.6 Å². The number of hydrazine groups is 1. The number of hydrogen-bond acceptors (Lipinski definition) is 5. The van der Waals surface area contributed by atoms with E-state index in [1.54, 1.807) is 0 Å². The summed E-state index contributed by atoms with van der Waals surface area (Å²) in [4.78, 5) is 14.3. The molecule has 12 heavy (non-hydrogen) atoms. The van der Waals surface area contributed by atoms with E-state index in [4.69, 9.17) is 28.9 Å². The van der Waals surface area contributed by atoms with Gasteiger partial charge in [0, 0.05) is 0 Å². The summed E-state index contributed by atoms with van der Waals surface area (Å²) in [5, 5.41) is 1.29. The fourth-order valence-electron chi connectivity index (χ4n) is 0.757. The van der Waals surface area contributed by atoms with E-state index in [0.29, 0.717) is 0 Å². The zero-order valence-corrected chi connectivity index (χ0v) is 6.88. The Bertz CT molecular complexity index is 284. The number of aliphatic imine (C=N–C) groups is 1. The van der Waals surface area contributed by atoms with E-state index in [1.165, 1.54) is 0 Å². The van der Waals surface area contributed by atoms with Crippen LogP contribution in [0.5, 0.6) is 0 Å². The Morgan fingerprint density at radius 3 is 2.75 bits per heavy atom. The number of carbonyl (C=O) groups excluding carboxylic acids is 1. The standard InChI is InChI=1S/C5H8ClN5O/c6-2-1-11(9)4(7)3(10-2)5(8)12/h1,7,9H2,(H2,8,12). The van der Waals surface area contributed by atoms with Crippen molar-refractivity contribution in [3.05, 3.63) is 11.5 Å². The molecule has 0 unspecified atom stereocenters. The van der Waals surface area contributed by atoms with Gasteiger partial charge in [0.05, 0.1) is 6.54 Å². The van der Waals surface area contributed by atoms with Crippen LogP contribution in [-0.2, 0) is 4.79 Å². The lowest BCUT2D eigenvalue weighted by Crippen LogP contribution is -2.42. The van der Waals surface area contributed by atoms with Gasteiger partial charge in [-0.3, -0.25) is 9.80 Å². The van der Waals surface area contributed by atoms with Crippen LogP contribution in [0, 0.1) is 0 Å². The third kappa shape index (κ3) is 1.49. The van der Waals surface area contributed by atoms with Crippen LogP contribution in [-0.4, -0.2) is 22.6 Å². The molecule has 1 amide bonds. The summed E-state index contributed by atoms with van der Waals surface area (Å²) in [7, 11) is 0. The summed E-state index contributed by atoms with van der Waals surface area (Å²) in [6, 6.07) is 0. The Hall–Kier alpha value is -1.27. The molecule has 1 aliphatic heterocycles. The molecule has 66 valence electrons. The molecule has 0 saturated carbocycles. The fraction of sp³-hybridized carbons (Fsp3) is 0.200. The molecule has 7 heteroatoms. The number of carbonyl (C=O) groups is 1. The van der Waals surface area contributed by atoms with E-state index in [-0.39, 0.29) is 23.2 Å². The average Bonchev–Trinajstić information content (AvgIpc) is 1.96. The predicted molar refractivity (Wildman–Crippen MR) is 44.6 cm³/mol. The maximum Gasteiger partial charge on any atom is 0.271 e. The number of nitrogens with zero attached hydrogens (tertiary/aromatic N) is 2. The lowest BCUT2D eigenvalue weighted by atomic mass is 10.3. The van der Waals surface area contributed by atoms with Gasteiger partial charge in [-0.2, -0.15) is 0 Å². The van der Waals surface area contributed by atoms with E-state index < -0.39 is 5.91 Å². The number of hydrogen-bond donors (Lipinski definition) is 3. The normalized spacial score (nSPS) is 17.8. The molecule has 0 aromatic rings. The molecule has 0 aromatic carbocycles. The third-order valence-electron chi connectivity index (χ3n) is 1.32. The Kier molecular flexibility index (Phi) is 2.20. The second-order valence-electron chi connectivity index (χ2n) is 2.21. The van der Waals surface area contributed by atoms with E-state index in [0.717, 1.165) is 5.01 Å². The number of halogens is 1. The summed E-state index contributed by atoms with van der Waals surface area (Å²) in [5.41, 5.74) is 10.3. The molecule has 0 aliphatic carbocycles. The van der Waals surface area contributed by atoms with Crippen LogP contribution in [0.4, 0.5) is 0 Å². The van der Waals surface area contributed by atoms with Gasteiger partial charge in [-0.15, -0.1) is 0 Å². The minimum absolute atomic E-state index is 0.0342. The van der Waals surface area contributed by atoms with Crippen molar-refractivity contribution in [2.45, 2.75) is 0 Å². The summed E-state index contributed by atoms with van der Waals surface area (Å²) >= 11 is 5.55. The zero-order chi connectivity index (χ0) is 9.30. The van der Waals surface area contributed by atoms with Gasteiger partial charge in [0.25, 0.3) is 5.91 Å². The van der Waals surface area contributed by atoms with Crippen molar-refractivity contribution < 1.29 is 4.79 Å². The second kappa shape index (κ2) is 3.00. The SMILES string of the molecule is NC(=O)C1=C(N)N(N)CC(Cl)=N1. The molecule has 6 N–H and O–H groups in total. The van der Waals surface area contributed by atoms with Crippen molar-refractivity contribution in [1.29, 1.82) is 0 Å². The van der Waals surface area contributed by atoms with Crippen LogP contribution in [0.25, 0.3) is 0 Å². The molecular weight excluding hydrogens is 182 g/mol. The first kappa shape index (κ1) is 8.82. The fourth-order valence-corrected chi connectivity index (χ4v) is 0.970. The summed E-state index contributed by atoms with van der Waals surface area (Å²) in [5.74, 6) is 4.66. The Balaban J connectivity index is 3.08. The van der Waals surface area contributed by atoms with Gasteiger partial charge in [-0.1, -0.05) is 11.6 Å². The molecule has 1 rings (SSSR count). The summed E-state index contributed by atoms with van der Waals surface area (Å²) in [6.07, 6.45) is 0. The predicted octanol–water partition coefficient (Wildman–Crippen LogP) is -1.57. The monoisotopic (exact) mass is 189 g/mol. The maximum atomic E-state index is 10.7. The number of rotatable bonds is 1. The molecule has 0 bridgehead atoms. The Morgan fingerprint density at radius 2 is 2.25 bits per heavy atom. The lowest BCUT2D eigenvalue weighted by Gasteiger charge is -2.22. The highest BCUT2D eigenvalue weighted by atomic mass is 35.5. The molecule has 0 fully saturated rings. The van der Waals surface area contributed by atoms with Crippen molar-refractivity contribution in [3.8, 4) is 0 Å². The van der Waals surface area contributed by atoms with Gasteiger partial charge in [0.2, 0.25) is 0 Å². The number of nitrogens with two attached hydrogens (primary N) is 3. The van der Waals surface area contributed by atoms with Gasteiger partial charge in [-0.25, -0.2) is 10.8 Å². The molecule has 0 saturated heterocycles. The van der Waals surface area contributed by atoms with Crippen molar-refractivity contribution in [2.24, 2.45) is 22.3 Å². The zero-order valence-electron chi connectivity index (χ0n) is 6.12. The molecule has 6 nitrogen and oxygen atoms in total. The molecule has 0 atom stereocenters. The van der Waals surface area contributed by atoms with Crippen LogP contribution in [0.2, 0.25) is 0 Å². The molecular formula is C5H8ClN5O. The lowest BCUT2D eigenvalue weighted by molar-refractivity contribution is -0.114. The molecule has 0 spiro atoms. The van der Waals surface area contributed by atoms with Crippen molar-refractivity contribution in [3.63, 3.8) is 0 Å². The molecule has 0 radical (unpaired) electrons. The van der Waals surface area contributed by atoms with Gasteiger partial charge in [0.1, 0.15) is 11.0 Å². The average molecular weight is 190 g/mol. The van der Waals surface area contributed by atoms with Crippen LogP contribution in [0.15, 0.2) is 16.5 Å². The quantitative estimate of drug-likeness (QED) is 0.433. The molecule has 0 aromatic heterocycles. The van der Waals surface area contributed by atoms with Crippen molar-refractivity contribution in [2.75, 3.05) is 6.54 Å². The van der Waals surface area contributed by atoms with Crippen molar-refractivity contribution >= 4 is 22.7 Å². The summed E-state index contributed by atoms with van der Waals surface area (Å²) in [6.45, 7) is 0.185. The first-order valence-electron chi connectivity index (χ1n) is 3.07.